The predicted octanol–water partition coefficient (Wildman–Crippen LogP) is 2.93. The highest BCUT2D eigenvalue weighted by molar-refractivity contribution is 5.78. The second kappa shape index (κ2) is 5.04. The molecule has 1 unspecified atom stereocenters. The van der Waals surface area contributed by atoms with Crippen LogP contribution in [-0.4, -0.2) is 4.98 Å². The lowest BCUT2D eigenvalue weighted by Gasteiger charge is -2.29. The van der Waals surface area contributed by atoms with Crippen molar-refractivity contribution < 1.29 is 0 Å². The molecule has 0 amide bonds. The van der Waals surface area contributed by atoms with Gasteiger partial charge in [0.05, 0.1) is 5.52 Å². The van der Waals surface area contributed by atoms with Gasteiger partial charge in [0.15, 0.2) is 0 Å². The van der Waals surface area contributed by atoms with Crippen molar-refractivity contribution in [2.45, 2.75) is 31.7 Å². The maximum absolute atomic E-state index is 5.70. The molecule has 0 saturated heterocycles. The number of rotatable bonds is 4. The fourth-order valence-electron chi connectivity index (χ4n) is 2.64. The molecule has 1 aromatic heterocycles. The van der Waals surface area contributed by atoms with E-state index in [1.54, 1.807) is 0 Å². The molecule has 0 radical (unpaired) electrons. The number of aromatic nitrogens is 1. The molecule has 94 valence electrons. The van der Waals surface area contributed by atoms with E-state index in [0.29, 0.717) is 0 Å². The third kappa shape index (κ3) is 2.24. The first-order valence-corrected chi connectivity index (χ1v) is 6.67. The molecule has 3 rings (SSSR count). The van der Waals surface area contributed by atoms with Crippen molar-refractivity contribution in [2.24, 2.45) is 11.8 Å². The lowest BCUT2D eigenvalue weighted by atomic mass is 9.80. The minimum absolute atomic E-state index is 0.229. The van der Waals surface area contributed by atoms with Gasteiger partial charge in [-0.05, 0) is 30.0 Å². The highest BCUT2D eigenvalue weighted by atomic mass is 15.2. The van der Waals surface area contributed by atoms with Crippen LogP contribution in [0.1, 0.15) is 37.3 Å². The maximum Gasteiger partial charge on any atom is 0.0702 e. The molecule has 1 aliphatic carbocycles. The summed E-state index contributed by atoms with van der Waals surface area (Å²) in [5.74, 6) is 6.53. The van der Waals surface area contributed by atoms with Gasteiger partial charge in [-0.3, -0.25) is 16.3 Å². The minimum atomic E-state index is 0.229. The number of hydrogen-bond acceptors (Lipinski definition) is 3. The van der Waals surface area contributed by atoms with Gasteiger partial charge in [-0.1, -0.05) is 37.5 Å². The average molecular weight is 241 g/mol. The normalized spacial score (nSPS) is 17.6. The summed E-state index contributed by atoms with van der Waals surface area (Å²) in [6.07, 6.45) is 7.14. The number of fused-ring (bicyclic) bond motifs is 1. The van der Waals surface area contributed by atoms with E-state index in [2.05, 4.69) is 22.5 Å². The fourth-order valence-corrected chi connectivity index (χ4v) is 2.64. The van der Waals surface area contributed by atoms with Crippen molar-refractivity contribution in [3.8, 4) is 0 Å². The highest BCUT2D eigenvalue weighted by Crippen LogP contribution is 2.34. The molecular weight excluding hydrogens is 222 g/mol. The number of para-hydroxylation sites is 1. The molecule has 0 bridgehead atoms. The van der Waals surface area contributed by atoms with E-state index in [0.717, 1.165) is 17.9 Å². The van der Waals surface area contributed by atoms with E-state index in [9.17, 15) is 0 Å². The topological polar surface area (TPSA) is 50.9 Å². The molecule has 1 heterocycles. The van der Waals surface area contributed by atoms with E-state index in [1.807, 2.05) is 24.4 Å². The summed E-state index contributed by atoms with van der Waals surface area (Å²) in [4.78, 5) is 4.51. The van der Waals surface area contributed by atoms with Crippen LogP contribution >= 0.6 is 0 Å². The second-order valence-electron chi connectivity index (χ2n) is 5.21. The zero-order valence-corrected chi connectivity index (χ0v) is 10.5. The number of nitrogens with two attached hydrogens (primary N) is 1. The van der Waals surface area contributed by atoms with Gasteiger partial charge in [-0.15, -0.1) is 0 Å². The highest BCUT2D eigenvalue weighted by Gasteiger charge is 2.22. The van der Waals surface area contributed by atoms with E-state index in [-0.39, 0.29) is 6.04 Å². The number of benzene rings is 1. The van der Waals surface area contributed by atoms with Gasteiger partial charge in [0.1, 0.15) is 0 Å². The third-order valence-electron chi connectivity index (χ3n) is 4.01. The van der Waals surface area contributed by atoms with E-state index in [4.69, 9.17) is 5.84 Å². The summed E-state index contributed by atoms with van der Waals surface area (Å²) in [5.41, 5.74) is 5.18. The van der Waals surface area contributed by atoms with Crippen molar-refractivity contribution >= 4 is 10.9 Å². The summed E-state index contributed by atoms with van der Waals surface area (Å²) in [6, 6.07) is 10.6. The standard InChI is InChI=1S/C15H19N3/c16-18-15(8-11-4-3-5-11)13-9-12-6-1-2-7-14(12)17-10-13/h1-2,6-7,9-11,15,18H,3-5,8,16H2. The number of nitrogens with one attached hydrogen (secondary N) is 1. The minimum Gasteiger partial charge on any atom is -0.271 e. The van der Waals surface area contributed by atoms with Crippen LogP contribution in [0.2, 0.25) is 0 Å². The summed E-state index contributed by atoms with van der Waals surface area (Å²) in [6.45, 7) is 0. The molecule has 1 aliphatic rings. The van der Waals surface area contributed by atoms with Crippen LogP contribution in [-0.2, 0) is 0 Å². The summed E-state index contributed by atoms with van der Waals surface area (Å²) >= 11 is 0. The molecule has 1 fully saturated rings. The maximum atomic E-state index is 5.70. The molecule has 3 N–H and O–H groups in total. The first-order valence-electron chi connectivity index (χ1n) is 6.67. The van der Waals surface area contributed by atoms with E-state index in [1.165, 1.54) is 30.2 Å². The Morgan fingerprint density at radius 3 is 2.89 bits per heavy atom. The summed E-state index contributed by atoms with van der Waals surface area (Å²) in [5, 5.41) is 1.18. The van der Waals surface area contributed by atoms with Gasteiger partial charge in [0.25, 0.3) is 0 Å². The van der Waals surface area contributed by atoms with Crippen LogP contribution in [0.4, 0.5) is 0 Å². The monoisotopic (exact) mass is 241 g/mol. The van der Waals surface area contributed by atoms with Gasteiger partial charge in [0.2, 0.25) is 0 Å². The molecule has 2 aromatic rings. The quantitative estimate of drug-likeness (QED) is 0.639. The number of nitrogens with zero attached hydrogens (tertiary/aromatic N) is 1. The number of pyridine rings is 1. The van der Waals surface area contributed by atoms with Crippen LogP contribution < -0.4 is 11.3 Å². The Labute approximate surface area is 107 Å². The van der Waals surface area contributed by atoms with Crippen LogP contribution in [0, 0.1) is 5.92 Å². The molecule has 18 heavy (non-hydrogen) atoms. The largest absolute Gasteiger partial charge is 0.271 e. The van der Waals surface area contributed by atoms with Crippen LogP contribution in [0.15, 0.2) is 36.5 Å². The SMILES string of the molecule is NNC(CC1CCC1)c1cnc2ccccc2c1. The van der Waals surface area contributed by atoms with Crippen molar-refractivity contribution in [3.63, 3.8) is 0 Å². The molecule has 1 saturated carbocycles. The zero-order chi connectivity index (χ0) is 12.4. The lowest BCUT2D eigenvalue weighted by Crippen LogP contribution is -2.31. The molecule has 1 atom stereocenters. The van der Waals surface area contributed by atoms with Crippen molar-refractivity contribution in [2.75, 3.05) is 0 Å². The Bertz CT molecular complexity index is 534. The predicted molar refractivity (Wildman–Crippen MR) is 73.8 cm³/mol. The van der Waals surface area contributed by atoms with Gasteiger partial charge in [-0.25, -0.2) is 0 Å². The van der Waals surface area contributed by atoms with Gasteiger partial charge < -0.3 is 0 Å². The molecular formula is C15H19N3. The number of hydrazine groups is 1. The van der Waals surface area contributed by atoms with Gasteiger partial charge >= 0.3 is 0 Å². The first kappa shape index (κ1) is 11.6. The van der Waals surface area contributed by atoms with Crippen LogP contribution in [0.25, 0.3) is 10.9 Å². The molecule has 0 aliphatic heterocycles. The second-order valence-corrected chi connectivity index (χ2v) is 5.21. The van der Waals surface area contributed by atoms with Crippen molar-refractivity contribution in [3.05, 3.63) is 42.1 Å². The number of hydrogen-bond donors (Lipinski definition) is 2. The van der Waals surface area contributed by atoms with Crippen LogP contribution in [0.5, 0.6) is 0 Å². The van der Waals surface area contributed by atoms with Crippen molar-refractivity contribution in [1.29, 1.82) is 0 Å². The molecule has 0 spiro atoms. The Morgan fingerprint density at radius 1 is 1.33 bits per heavy atom. The smallest absolute Gasteiger partial charge is 0.0702 e. The molecule has 1 aromatic carbocycles. The Kier molecular flexibility index (Phi) is 3.26. The Balaban J connectivity index is 1.86. The lowest BCUT2D eigenvalue weighted by molar-refractivity contribution is 0.262. The Morgan fingerprint density at radius 2 is 2.17 bits per heavy atom. The van der Waals surface area contributed by atoms with Crippen molar-refractivity contribution in [1.82, 2.24) is 10.4 Å². The average Bonchev–Trinajstić information content (AvgIpc) is 2.37. The fraction of sp³-hybridized carbons (Fsp3) is 0.400. The van der Waals surface area contributed by atoms with Gasteiger partial charge in [0, 0.05) is 17.6 Å². The molecule has 3 heteroatoms. The third-order valence-corrected chi connectivity index (χ3v) is 4.01. The van der Waals surface area contributed by atoms with Gasteiger partial charge in [-0.2, -0.15) is 0 Å². The van der Waals surface area contributed by atoms with Crippen LogP contribution in [0.3, 0.4) is 0 Å². The molecule has 3 nitrogen and oxygen atoms in total. The first-order chi connectivity index (χ1) is 8.86. The summed E-state index contributed by atoms with van der Waals surface area (Å²) < 4.78 is 0. The summed E-state index contributed by atoms with van der Waals surface area (Å²) in [7, 11) is 0. The van der Waals surface area contributed by atoms with E-state index < -0.39 is 0 Å². The van der Waals surface area contributed by atoms with E-state index >= 15 is 0 Å². The Hall–Kier alpha value is -1.45. The zero-order valence-electron chi connectivity index (χ0n) is 10.5.